The standard InChI is InChI=1S/C14H10ClNO2S/c1-2-18-14(17)12-9-16-13(19-12)8-5-10-3-6-11(15)7-4-10/h3-4,6-7,9H,2H2,1H3. The Morgan fingerprint density at radius 1 is 1.37 bits per heavy atom. The van der Waals surface area contributed by atoms with Gasteiger partial charge in [-0.25, -0.2) is 9.78 Å². The third-order valence-corrected chi connectivity index (χ3v) is 3.29. The lowest BCUT2D eigenvalue weighted by Crippen LogP contribution is -2.01. The van der Waals surface area contributed by atoms with Crippen molar-refractivity contribution in [2.45, 2.75) is 6.92 Å². The van der Waals surface area contributed by atoms with Crippen LogP contribution in [0.2, 0.25) is 5.02 Å². The molecular weight excluding hydrogens is 282 g/mol. The molecule has 2 aromatic rings. The van der Waals surface area contributed by atoms with Crippen LogP contribution >= 0.6 is 22.9 Å². The van der Waals surface area contributed by atoms with Crippen molar-refractivity contribution in [2.24, 2.45) is 0 Å². The fraction of sp³-hybridized carbons (Fsp3) is 0.143. The zero-order valence-electron chi connectivity index (χ0n) is 10.1. The van der Waals surface area contributed by atoms with Gasteiger partial charge in [0.2, 0.25) is 0 Å². The number of ether oxygens (including phenoxy) is 1. The number of benzene rings is 1. The van der Waals surface area contributed by atoms with Gasteiger partial charge >= 0.3 is 5.97 Å². The Morgan fingerprint density at radius 3 is 2.79 bits per heavy atom. The predicted molar refractivity (Wildman–Crippen MR) is 75.5 cm³/mol. The Labute approximate surface area is 120 Å². The highest BCUT2D eigenvalue weighted by Crippen LogP contribution is 2.13. The van der Waals surface area contributed by atoms with Crippen molar-refractivity contribution < 1.29 is 9.53 Å². The fourth-order valence-corrected chi connectivity index (χ4v) is 2.08. The lowest BCUT2D eigenvalue weighted by molar-refractivity contribution is 0.0532. The molecule has 2 rings (SSSR count). The summed E-state index contributed by atoms with van der Waals surface area (Å²) in [5, 5.41) is 1.25. The molecule has 0 N–H and O–H groups in total. The number of rotatable bonds is 2. The molecule has 0 amide bonds. The second-order valence-corrected chi connectivity index (χ2v) is 4.97. The first kappa shape index (κ1) is 13.6. The van der Waals surface area contributed by atoms with Crippen LogP contribution in [0, 0.1) is 11.8 Å². The number of hydrogen-bond donors (Lipinski definition) is 0. The van der Waals surface area contributed by atoms with Gasteiger partial charge in [0.15, 0.2) is 5.01 Å². The summed E-state index contributed by atoms with van der Waals surface area (Å²) >= 11 is 7.00. The first-order chi connectivity index (χ1) is 9.19. The zero-order valence-corrected chi connectivity index (χ0v) is 11.7. The SMILES string of the molecule is CCOC(=O)c1cnc(C#Cc2ccc(Cl)cc2)s1. The van der Waals surface area contributed by atoms with Crippen molar-refractivity contribution in [2.75, 3.05) is 6.61 Å². The number of hydrogen-bond acceptors (Lipinski definition) is 4. The van der Waals surface area contributed by atoms with E-state index in [-0.39, 0.29) is 5.97 Å². The van der Waals surface area contributed by atoms with Gasteiger partial charge in [0.05, 0.1) is 12.8 Å². The monoisotopic (exact) mass is 291 g/mol. The van der Waals surface area contributed by atoms with Crippen molar-refractivity contribution >= 4 is 28.9 Å². The van der Waals surface area contributed by atoms with E-state index in [1.54, 1.807) is 19.1 Å². The number of carbonyl (C=O) groups excluding carboxylic acids is 1. The molecule has 0 saturated carbocycles. The molecule has 1 aromatic heterocycles. The number of aromatic nitrogens is 1. The summed E-state index contributed by atoms with van der Waals surface area (Å²) < 4.78 is 4.89. The van der Waals surface area contributed by atoms with E-state index in [0.29, 0.717) is 21.5 Å². The highest BCUT2D eigenvalue weighted by Gasteiger charge is 2.09. The van der Waals surface area contributed by atoms with Crippen LogP contribution in [0.1, 0.15) is 27.2 Å². The number of nitrogens with zero attached hydrogens (tertiary/aromatic N) is 1. The second kappa shape index (κ2) is 6.37. The Kier molecular flexibility index (Phi) is 4.56. The molecule has 0 aliphatic heterocycles. The van der Waals surface area contributed by atoms with Crippen molar-refractivity contribution in [1.29, 1.82) is 0 Å². The number of carbonyl (C=O) groups is 1. The molecule has 1 aromatic carbocycles. The minimum Gasteiger partial charge on any atom is -0.462 e. The number of esters is 1. The van der Waals surface area contributed by atoms with E-state index in [4.69, 9.17) is 16.3 Å². The Morgan fingerprint density at radius 2 is 2.11 bits per heavy atom. The molecule has 96 valence electrons. The lowest BCUT2D eigenvalue weighted by Gasteiger charge is -1.95. The van der Waals surface area contributed by atoms with Gasteiger partial charge in [-0.05, 0) is 37.1 Å². The van der Waals surface area contributed by atoms with Gasteiger partial charge in [-0.1, -0.05) is 28.9 Å². The molecule has 0 spiro atoms. The third-order valence-electron chi connectivity index (χ3n) is 2.14. The van der Waals surface area contributed by atoms with Crippen LogP contribution in [0.5, 0.6) is 0 Å². The van der Waals surface area contributed by atoms with Crippen LogP contribution in [0.25, 0.3) is 0 Å². The molecule has 0 radical (unpaired) electrons. The second-order valence-electron chi connectivity index (χ2n) is 3.51. The minimum absolute atomic E-state index is 0.350. The average Bonchev–Trinajstić information content (AvgIpc) is 2.87. The van der Waals surface area contributed by atoms with Gasteiger partial charge in [0, 0.05) is 10.6 Å². The van der Waals surface area contributed by atoms with Gasteiger partial charge in [0.25, 0.3) is 0 Å². The predicted octanol–water partition coefficient (Wildman–Crippen LogP) is 3.37. The van der Waals surface area contributed by atoms with E-state index < -0.39 is 0 Å². The number of halogens is 1. The first-order valence-electron chi connectivity index (χ1n) is 5.59. The molecule has 0 fully saturated rings. The quantitative estimate of drug-likeness (QED) is 0.629. The van der Waals surface area contributed by atoms with Crippen LogP contribution < -0.4 is 0 Å². The van der Waals surface area contributed by atoms with Crippen molar-refractivity contribution in [3.05, 3.63) is 50.9 Å². The normalized spacial score (nSPS) is 9.58. The average molecular weight is 292 g/mol. The van der Waals surface area contributed by atoms with Crippen LogP contribution in [0.15, 0.2) is 30.5 Å². The highest BCUT2D eigenvalue weighted by atomic mass is 35.5. The van der Waals surface area contributed by atoms with Crippen molar-refractivity contribution in [3.8, 4) is 11.8 Å². The summed E-state index contributed by atoms with van der Waals surface area (Å²) in [5.41, 5.74) is 0.845. The van der Waals surface area contributed by atoms with Crippen molar-refractivity contribution in [3.63, 3.8) is 0 Å². The molecule has 1 heterocycles. The molecule has 0 aliphatic carbocycles. The molecule has 0 atom stereocenters. The third kappa shape index (κ3) is 3.82. The molecule has 3 nitrogen and oxygen atoms in total. The molecule has 5 heteroatoms. The van der Waals surface area contributed by atoms with E-state index >= 15 is 0 Å². The molecule has 0 saturated heterocycles. The van der Waals surface area contributed by atoms with E-state index in [1.165, 1.54) is 17.5 Å². The van der Waals surface area contributed by atoms with Gasteiger partial charge in [-0.2, -0.15) is 0 Å². The molecular formula is C14H10ClNO2S. The zero-order chi connectivity index (χ0) is 13.7. The lowest BCUT2D eigenvalue weighted by atomic mass is 10.2. The smallest absolute Gasteiger partial charge is 0.349 e. The van der Waals surface area contributed by atoms with Crippen LogP contribution in [-0.4, -0.2) is 17.6 Å². The van der Waals surface area contributed by atoms with Crippen LogP contribution in [0.3, 0.4) is 0 Å². The van der Waals surface area contributed by atoms with Crippen molar-refractivity contribution in [1.82, 2.24) is 4.98 Å². The van der Waals surface area contributed by atoms with Gasteiger partial charge < -0.3 is 4.74 Å². The molecule has 19 heavy (non-hydrogen) atoms. The highest BCUT2D eigenvalue weighted by molar-refractivity contribution is 7.14. The summed E-state index contributed by atoms with van der Waals surface area (Å²) in [4.78, 5) is 16.0. The topological polar surface area (TPSA) is 39.2 Å². The summed E-state index contributed by atoms with van der Waals surface area (Å²) in [6, 6.07) is 7.21. The van der Waals surface area contributed by atoms with Crippen LogP contribution in [-0.2, 0) is 4.74 Å². The first-order valence-corrected chi connectivity index (χ1v) is 6.79. The summed E-state index contributed by atoms with van der Waals surface area (Å²) in [6.07, 6.45) is 1.48. The van der Waals surface area contributed by atoms with E-state index in [0.717, 1.165) is 5.56 Å². The summed E-state index contributed by atoms with van der Waals surface area (Å²) in [7, 11) is 0. The Balaban J connectivity index is 2.12. The number of thiazole rings is 1. The summed E-state index contributed by atoms with van der Waals surface area (Å²) in [5.74, 6) is 5.50. The van der Waals surface area contributed by atoms with Gasteiger partial charge in [-0.3, -0.25) is 0 Å². The minimum atomic E-state index is -0.362. The maximum Gasteiger partial charge on any atom is 0.349 e. The summed E-state index contributed by atoms with van der Waals surface area (Å²) in [6.45, 7) is 2.11. The van der Waals surface area contributed by atoms with E-state index in [1.807, 2.05) is 12.1 Å². The maximum atomic E-state index is 11.5. The maximum absolute atomic E-state index is 11.5. The largest absolute Gasteiger partial charge is 0.462 e. The molecule has 0 bridgehead atoms. The Hall–Kier alpha value is -1.83. The fourth-order valence-electron chi connectivity index (χ4n) is 1.29. The van der Waals surface area contributed by atoms with E-state index in [2.05, 4.69) is 16.8 Å². The van der Waals surface area contributed by atoms with E-state index in [9.17, 15) is 4.79 Å². The molecule has 0 aliphatic rings. The molecule has 0 unspecified atom stereocenters. The Bertz CT molecular complexity index is 637. The van der Waals surface area contributed by atoms with Gasteiger partial charge in [-0.15, -0.1) is 0 Å². The van der Waals surface area contributed by atoms with Gasteiger partial charge in [0.1, 0.15) is 4.88 Å². The van der Waals surface area contributed by atoms with Crippen LogP contribution in [0.4, 0.5) is 0 Å².